The van der Waals surface area contributed by atoms with E-state index in [0.717, 1.165) is 31.2 Å². The molecule has 1 aromatic heterocycles. The number of likely N-dealkylation sites (tertiary alicyclic amines) is 1. The molecule has 2 unspecified atom stereocenters. The molecule has 1 saturated heterocycles. The molecule has 1 N–H and O–H groups in total. The molecule has 1 aliphatic heterocycles. The summed E-state index contributed by atoms with van der Waals surface area (Å²) in [4.78, 5) is 42.0. The number of pyridine rings is 1. The highest BCUT2D eigenvalue weighted by molar-refractivity contribution is 6.05. The molecule has 3 amide bonds. The lowest BCUT2D eigenvalue weighted by atomic mass is 9.81. The average molecular weight is 315 g/mol. The molecule has 2 fully saturated rings. The molecule has 122 valence electrons. The number of nitrogens with zero attached hydrogens (tertiary/aromatic N) is 2. The SMILES string of the molecule is Cc1ccc(NC(=O)CCN2C(=O)C3CCCCC3C2=O)nc1. The Morgan fingerprint density at radius 3 is 2.43 bits per heavy atom. The Balaban J connectivity index is 1.55. The molecule has 0 spiro atoms. The first kappa shape index (κ1) is 15.6. The fraction of sp³-hybridized carbons (Fsp3) is 0.529. The van der Waals surface area contributed by atoms with E-state index in [-0.39, 0.29) is 42.5 Å². The van der Waals surface area contributed by atoms with Crippen LogP contribution in [0.4, 0.5) is 5.82 Å². The Kier molecular flexibility index (Phi) is 4.41. The third-order valence-corrected chi connectivity index (χ3v) is 4.67. The van der Waals surface area contributed by atoms with Crippen LogP contribution in [0.2, 0.25) is 0 Å². The molecule has 1 aliphatic carbocycles. The summed E-state index contributed by atoms with van der Waals surface area (Å²) in [5, 5.41) is 2.69. The lowest BCUT2D eigenvalue weighted by Crippen LogP contribution is -2.34. The number of hydrogen-bond donors (Lipinski definition) is 1. The summed E-state index contributed by atoms with van der Waals surface area (Å²) in [6, 6.07) is 3.59. The Bertz CT molecular complexity index is 602. The van der Waals surface area contributed by atoms with Crippen LogP contribution >= 0.6 is 0 Å². The monoisotopic (exact) mass is 315 g/mol. The zero-order valence-electron chi connectivity index (χ0n) is 13.2. The van der Waals surface area contributed by atoms with Crippen molar-refractivity contribution in [1.82, 2.24) is 9.88 Å². The minimum atomic E-state index is -0.239. The largest absolute Gasteiger partial charge is 0.311 e. The van der Waals surface area contributed by atoms with Crippen LogP contribution in [0, 0.1) is 18.8 Å². The van der Waals surface area contributed by atoms with Crippen molar-refractivity contribution in [2.75, 3.05) is 11.9 Å². The van der Waals surface area contributed by atoms with E-state index >= 15 is 0 Å². The predicted molar refractivity (Wildman–Crippen MR) is 84.4 cm³/mol. The fourth-order valence-electron chi connectivity index (χ4n) is 3.41. The lowest BCUT2D eigenvalue weighted by molar-refractivity contribution is -0.140. The second-order valence-electron chi connectivity index (χ2n) is 6.34. The van der Waals surface area contributed by atoms with Crippen LogP contribution in [0.25, 0.3) is 0 Å². The van der Waals surface area contributed by atoms with Gasteiger partial charge in [0.05, 0.1) is 11.8 Å². The van der Waals surface area contributed by atoms with Gasteiger partial charge in [0.25, 0.3) is 0 Å². The average Bonchev–Trinajstić information content (AvgIpc) is 2.80. The number of nitrogens with one attached hydrogen (secondary N) is 1. The first-order valence-electron chi connectivity index (χ1n) is 8.14. The van der Waals surface area contributed by atoms with Crippen LogP contribution in [-0.2, 0) is 14.4 Å². The fourth-order valence-corrected chi connectivity index (χ4v) is 3.41. The van der Waals surface area contributed by atoms with Gasteiger partial charge >= 0.3 is 0 Å². The summed E-state index contributed by atoms with van der Waals surface area (Å²) in [7, 11) is 0. The van der Waals surface area contributed by atoms with Crippen molar-refractivity contribution in [3.8, 4) is 0 Å². The summed E-state index contributed by atoms with van der Waals surface area (Å²) in [6.45, 7) is 2.07. The van der Waals surface area contributed by atoms with Gasteiger partial charge in [0.2, 0.25) is 17.7 Å². The number of aromatic nitrogens is 1. The van der Waals surface area contributed by atoms with Gasteiger partial charge in [-0.05, 0) is 31.4 Å². The quantitative estimate of drug-likeness (QED) is 0.861. The van der Waals surface area contributed by atoms with Gasteiger partial charge in [-0.2, -0.15) is 0 Å². The minimum absolute atomic E-state index is 0.0963. The van der Waals surface area contributed by atoms with Crippen molar-refractivity contribution >= 4 is 23.5 Å². The van der Waals surface area contributed by atoms with E-state index in [1.165, 1.54) is 4.90 Å². The van der Waals surface area contributed by atoms with Crippen LogP contribution in [0.15, 0.2) is 18.3 Å². The molecule has 6 nitrogen and oxygen atoms in total. The first-order valence-corrected chi connectivity index (χ1v) is 8.14. The van der Waals surface area contributed by atoms with Crippen LogP contribution in [0.5, 0.6) is 0 Å². The Labute approximate surface area is 135 Å². The number of hydrogen-bond acceptors (Lipinski definition) is 4. The summed E-state index contributed by atoms with van der Waals surface area (Å²) < 4.78 is 0. The highest BCUT2D eigenvalue weighted by Crippen LogP contribution is 2.37. The maximum atomic E-state index is 12.3. The molecular formula is C17H21N3O3. The van der Waals surface area contributed by atoms with E-state index in [2.05, 4.69) is 10.3 Å². The van der Waals surface area contributed by atoms with Gasteiger partial charge in [-0.3, -0.25) is 19.3 Å². The van der Waals surface area contributed by atoms with Crippen LogP contribution in [0.1, 0.15) is 37.7 Å². The number of amides is 3. The third kappa shape index (κ3) is 3.25. The number of anilines is 1. The first-order chi connectivity index (χ1) is 11.1. The molecule has 0 radical (unpaired) electrons. The van der Waals surface area contributed by atoms with Crippen molar-refractivity contribution in [3.05, 3.63) is 23.9 Å². The standard InChI is InChI=1S/C17H21N3O3/c1-11-6-7-14(18-10-11)19-15(21)8-9-20-16(22)12-4-2-3-5-13(12)17(20)23/h6-7,10,12-13H,2-5,8-9H2,1H3,(H,18,19,21). The molecule has 2 heterocycles. The second-order valence-corrected chi connectivity index (χ2v) is 6.34. The molecule has 23 heavy (non-hydrogen) atoms. The van der Waals surface area contributed by atoms with Gasteiger partial charge in [-0.1, -0.05) is 18.9 Å². The van der Waals surface area contributed by atoms with Crippen LogP contribution in [0.3, 0.4) is 0 Å². The molecule has 0 bridgehead atoms. The van der Waals surface area contributed by atoms with Gasteiger partial charge < -0.3 is 5.32 Å². The maximum Gasteiger partial charge on any atom is 0.233 e. The van der Waals surface area contributed by atoms with Crippen molar-refractivity contribution < 1.29 is 14.4 Å². The molecule has 3 rings (SSSR count). The Morgan fingerprint density at radius 2 is 1.87 bits per heavy atom. The predicted octanol–water partition coefficient (Wildman–Crippen LogP) is 1.89. The molecule has 1 aromatic rings. The lowest BCUT2D eigenvalue weighted by Gasteiger charge is -2.19. The number of fused-ring (bicyclic) bond motifs is 1. The molecule has 6 heteroatoms. The third-order valence-electron chi connectivity index (χ3n) is 4.67. The highest BCUT2D eigenvalue weighted by Gasteiger charge is 2.47. The van der Waals surface area contributed by atoms with Gasteiger partial charge in [-0.15, -0.1) is 0 Å². The van der Waals surface area contributed by atoms with Gasteiger partial charge in [0, 0.05) is 19.2 Å². The van der Waals surface area contributed by atoms with Crippen molar-refractivity contribution in [3.63, 3.8) is 0 Å². The van der Waals surface area contributed by atoms with Crippen molar-refractivity contribution in [1.29, 1.82) is 0 Å². The molecule has 0 aromatic carbocycles. The van der Waals surface area contributed by atoms with Crippen LogP contribution < -0.4 is 5.32 Å². The zero-order valence-corrected chi connectivity index (χ0v) is 13.2. The Morgan fingerprint density at radius 1 is 1.22 bits per heavy atom. The van der Waals surface area contributed by atoms with E-state index in [1.807, 2.05) is 13.0 Å². The maximum absolute atomic E-state index is 12.3. The number of rotatable bonds is 4. The molecule has 1 saturated carbocycles. The topological polar surface area (TPSA) is 79.4 Å². The summed E-state index contributed by atoms with van der Waals surface area (Å²) in [5.41, 5.74) is 1.01. The molecular weight excluding hydrogens is 294 g/mol. The number of carbonyl (C=O) groups is 3. The minimum Gasteiger partial charge on any atom is -0.311 e. The van der Waals surface area contributed by atoms with Gasteiger partial charge in [0.1, 0.15) is 5.82 Å². The van der Waals surface area contributed by atoms with E-state index in [9.17, 15) is 14.4 Å². The second kappa shape index (κ2) is 6.48. The van der Waals surface area contributed by atoms with Gasteiger partial charge in [0.15, 0.2) is 0 Å². The normalized spacial score (nSPS) is 23.8. The summed E-state index contributed by atoms with van der Waals surface area (Å²) in [5.74, 6) is -0.261. The highest BCUT2D eigenvalue weighted by atomic mass is 16.2. The molecule has 2 aliphatic rings. The smallest absolute Gasteiger partial charge is 0.233 e. The number of carbonyl (C=O) groups excluding carboxylic acids is 3. The van der Waals surface area contributed by atoms with E-state index in [4.69, 9.17) is 0 Å². The summed E-state index contributed by atoms with van der Waals surface area (Å²) in [6.07, 6.45) is 5.39. The van der Waals surface area contributed by atoms with Crippen LogP contribution in [-0.4, -0.2) is 34.2 Å². The van der Waals surface area contributed by atoms with E-state index in [1.54, 1.807) is 12.3 Å². The zero-order chi connectivity index (χ0) is 16.4. The van der Waals surface area contributed by atoms with Crippen molar-refractivity contribution in [2.45, 2.75) is 39.0 Å². The van der Waals surface area contributed by atoms with Gasteiger partial charge in [-0.25, -0.2) is 4.98 Å². The summed E-state index contributed by atoms with van der Waals surface area (Å²) >= 11 is 0. The Hall–Kier alpha value is -2.24. The number of aryl methyl sites for hydroxylation is 1. The van der Waals surface area contributed by atoms with E-state index < -0.39 is 0 Å². The van der Waals surface area contributed by atoms with Crippen molar-refractivity contribution in [2.24, 2.45) is 11.8 Å². The van der Waals surface area contributed by atoms with E-state index in [0.29, 0.717) is 5.82 Å². The molecule has 2 atom stereocenters. The number of imide groups is 1.